The molecule has 1 aliphatic rings. The Morgan fingerprint density at radius 3 is 2.83 bits per heavy atom. The second kappa shape index (κ2) is 6.15. The molecule has 1 aromatic rings. The fraction of sp³-hybridized carbons (Fsp3) is 0.417. The van der Waals surface area contributed by atoms with Crippen LogP contribution >= 0.6 is 11.8 Å². The van der Waals surface area contributed by atoms with Gasteiger partial charge in [0.05, 0.1) is 11.4 Å². The molecule has 1 saturated heterocycles. The zero-order valence-electron chi connectivity index (χ0n) is 9.71. The van der Waals surface area contributed by atoms with E-state index in [1.807, 2.05) is 0 Å². The van der Waals surface area contributed by atoms with Crippen LogP contribution in [0.25, 0.3) is 0 Å². The number of carbonyl (C=O) groups is 1. The monoisotopic (exact) mass is 272 g/mol. The lowest BCUT2D eigenvalue weighted by atomic mass is 10.1. The van der Waals surface area contributed by atoms with E-state index in [-0.39, 0.29) is 17.3 Å². The highest BCUT2D eigenvalue weighted by Crippen LogP contribution is 2.16. The third-order valence-electron chi connectivity index (χ3n) is 2.66. The molecule has 0 atom stereocenters. The number of carbonyl (C=O) groups excluding carboxylic acids is 1. The molecule has 98 valence electrons. The normalized spacial score (nSPS) is 15.2. The molecule has 0 aromatic heterocycles. The molecule has 0 radical (unpaired) electrons. The summed E-state index contributed by atoms with van der Waals surface area (Å²) in [5.74, 6) is 0.164. The number of hydrogen-bond acceptors (Lipinski definition) is 3. The van der Waals surface area contributed by atoms with Crippen molar-refractivity contribution in [3.8, 4) is 0 Å². The number of hydrogen-bond donors (Lipinski definition) is 2. The summed E-state index contributed by atoms with van der Waals surface area (Å²) in [4.78, 5) is 11.5. The molecule has 2 rings (SSSR count). The minimum absolute atomic E-state index is 0.0207. The van der Waals surface area contributed by atoms with E-state index in [0.29, 0.717) is 5.92 Å². The largest absolute Gasteiger partial charge is 0.323 e. The van der Waals surface area contributed by atoms with Crippen molar-refractivity contribution in [2.75, 3.05) is 29.9 Å². The third kappa shape index (κ3) is 3.68. The molecule has 0 saturated carbocycles. The molecule has 18 heavy (non-hydrogen) atoms. The molecular formula is C12H14F2N2OS. The molecule has 3 nitrogen and oxygen atoms in total. The molecule has 6 heteroatoms. The van der Waals surface area contributed by atoms with Gasteiger partial charge in [0.2, 0.25) is 5.91 Å². The fourth-order valence-electron chi connectivity index (χ4n) is 1.56. The molecule has 0 unspecified atom stereocenters. The van der Waals surface area contributed by atoms with Crippen LogP contribution < -0.4 is 10.6 Å². The SMILES string of the molecule is O=C(CSCC1CNC1)Nc1ccc(F)cc1F. The van der Waals surface area contributed by atoms with E-state index in [9.17, 15) is 13.6 Å². The van der Waals surface area contributed by atoms with Gasteiger partial charge in [-0.25, -0.2) is 8.78 Å². The number of amides is 1. The summed E-state index contributed by atoms with van der Waals surface area (Å²) in [6.45, 7) is 2.00. The fourth-order valence-corrected chi connectivity index (χ4v) is 2.51. The van der Waals surface area contributed by atoms with Crippen molar-refractivity contribution < 1.29 is 13.6 Å². The van der Waals surface area contributed by atoms with Crippen molar-refractivity contribution in [3.63, 3.8) is 0 Å². The van der Waals surface area contributed by atoms with Gasteiger partial charge in [-0.3, -0.25) is 4.79 Å². The maximum absolute atomic E-state index is 13.3. The van der Waals surface area contributed by atoms with Gasteiger partial charge >= 0.3 is 0 Å². The van der Waals surface area contributed by atoms with Gasteiger partial charge in [0.25, 0.3) is 0 Å². The minimum Gasteiger partial charge on any atom is -0.323 e. The molecule has 1 fully saturated rings. The standard InChI is InChI=1S/C12H14F2N2OS/c13-9-1-2-11(10(14)3-9)16-12(17)7-18-6-8-4-15-5-8/h1-3,8,15H,4-7H2,(H,16,17). The van der Waals surface area contributed by atoms with E-state index in [1.54, 1.807) is 0 Å². The number of benzene rings is 1. The van der Waals surface area contributed by atoms with Crippen LogP contribution in [0.15, 0.2) is 18.2 Å². The first-order valence-electron chi connectivity index (χ1n) is 5.68. The van der Waals surface area contributed by atoms with Crippen LogP contribution in [0.1, 0.15) is 0 Å². The van der Waals surface area contributed by atoms with Crippen LogP contribution in [0.2, 0.25) is 0 Å². The van der Waals surface area contributed by atoms with Crippen molar-refractivity contribution in [1.82, 2.24) is 5.32 Å². The Kier molecular flexibility index (Phi) is 4.54. The van der Waals surface area contributed by atoms with Gasteiger partial charge in [-0.15, -0.1) is 0 Å². The van der Waals surface area contributed by atoms with E-state index < -0.39 is 11.6 Å². The van der Waals surface area contributed by atoms with Crippen LogP contribution in [-0.4, -0.2) is 30.5 Å². The van der Waals surface area contributed by atoms with Crippen LogP contribution in [0.3, 0.4) is 0 Å². The van der Waals surface area contributed by atoms with Crippen LogP contribution in [0.5, 0.6) is 0 Å². The highest BCUT2D eigenvalue weighted by Gasteiger charge is 2.17. The van der Waals surface area contributed by atoms with Crippen molar-refractivity contribution in [3.05, 3.63) is 29.8 Å². The van der Waals surface area contributed by atoms with Gasteiger partial charge in [-0.1, -0.05) is 0 Å². The first kappa shape index (κ1) is 13.3. The Morgan fingerprint density at radius 2 is 2.22 bits per heavy atom. The molecular weight excluding hydrogens is 258 g/mol. The van der Waals surface area contributed by atoms with Crippen molar-refractivity contribution in [2.24, 2.45) is 5.92 Å². The quantitative estimate of drug-likeness (QED) is 0.859. The molecule has 2 N–H and O–H groups in total. The summed E-state index contributed by atoms with van der Waals surface area (Å²) in [6, 6.07) is 3.09. The second-order valence-electron chi connectivity index (χ2n) is 4.21. The van der Waals surface area contributed by atoms with E-state index >= 15 is 0 Å². The van der Waals surface area contributed by atoms with E-state index in [2.05, 4.69) is 10.6 Å². The summed E-state index contributed by atoms with van der Waals surface area (Å²) in [7, 11) is 0. The maximum Gasteiger partial charge on any atom is 0.234 e. The average molecular weight is 272 g/mol. The zero-order chi connectivity index (χ0) is 13.0. The Morgan fingerprint density at radius 1 is 1.44 bits per heavy atom. The lowest BCUT2D eigenvalue weighted by Crippen LogP contribution is -2.43. The van der Waals surface area contributed by atoms with Crippen LogP contribution in [0.4, 0.5) is 14.5 Å². The highest BCUT2D eigenvalue weighted by molar-refractivity contribution is 7.99. The molecule has 1 aromatic carbocycles. The average Bonchev–Trinajstić information content (AvgIpc) is 2.26. The second-order valence-corrected chi connectivity index (χ2v) is 5.24. The highest BCUT2D eigenvalue weighted by atomic mass is 32.2. The molecule has 0 bridgehead atoms. The molecule has 1 aliphatic heterocycles. The topological polar surface area (TPSA) is 41.1 Å². The first-order valence-corrected chi connectivity index (χ1v) is 6.84. The Bertz CT molecular complexity index is 438. The Labute approximate surface area is 108 Å². The molecule has 0 aliphatic carbocycles. The van der Waals surface area contributed by atoms with Gasteiger partial charge in [-0.05, 0) is 36.9 Å². The summed E-state index contributed by atoms with van der Waals surface area (Å²) in [5.41, 5.74) is 0.0207. The summed E-state index contributed by atoms with van der Waals surface area (Å²) in [6.07, 6.45) is 0. The van der Waals surface area contributed by atoms with Gasteiger partial charge in [-0.2, -0.15) is 11.8 Å². The smallest absolute Gasteiger partial charge is 0.234 e. The third-order valence-corrected chi connectivity index (χ3v) is 3.83. The number of halogens is 2. The van der Waals surface area contributed by atoms with Gasteiger partial charge in [0.15, 0.2) is 0 Å². The number of nitrogens with one attached hydrogen (secondary N) is 2. The predicted octanol–water partition coefficient (Wildman–Crippen LogP) is 1.86. The van der Waals surface area contributed by atoms with Gasteiger partial charge < -0.3 is 10.6 Å². The summed E-state index contributed by atoms with van der Waals surface area (Å²) < 4.78 is 25.9. The van der Waals surface area contributed by atoms with Crippen LogP contribution in [-0.2, 0) is 4.79 Å². The van der Waals surface area contributed by atoms with E-state index in [0.717, 1.165) is 31.0 Å². The first-order chi connectivity index (χ1) is 8.65. The lowest BCUT2D eigenvalue weighted by Gasteiger charge is -2.26. The van der Waals surface area contributed by atoms with Gasteiger partial charge in [0, 0.05) is 6.07 Å². The predicted molar refractivity (Wildman–Crippen MR) is 68.7 cm³/mol. The van der Waals surface area contributed by atoms with E-state index in [4.69, 9.17) is 0 Å². The molecule has 1 amide bonds. The zero-order valence-corrected chi connectivity index (χ0v) is 10.5. The number of rotatable bonds is 5. The number of thioether (sulfide) groups is 1. The number of anilines is 1. The van der Waals surface area contributed by atoms with Gasteiger partial charge in [0.1, 0.15) is 11.6 Å². The van der Waals surface area contributed by atoms with Crippen molar-refractivity contribution >= 4 is 23.4 Å². The Balaban J connectivity index is 1.75. The summed E-state index contributed by atoms with van der Waals surface area (Å²) in [5, 5.41) is 5.58. The molecule has 1 heterocycles. The minimum atomic E-state index is -0.753. The lowest BCUT2D eigenvalue weighted by molar-refractivity contribution is -0.113. The van der Waals surface area contributed by atoms with Crippen LogP contribution in [0, 0.1) is 17.6 Å². The van der Waals surface area contributed by atoms with E-state index in [1.165, 1.54) is 17.8 Å². The van der Waals surface area contributed by atoms with Crippen molar-refractivity contribution in [2.45, 2.75) is 0 Å². The van der Waals surface area contributed by atoms with Crippen molar-refractivity contribution in [1.29, 1.82) is 0 Å². The molecule has 0 spiro atoms. The summed E-state index contributed by atoms with van der Waals surface area (Å²) >= 11 is 1.52. The maximum atomic E-state index is 13.3. The Hall–Kier alpha value is -1.14.